The van der Waals surface area contributed by atoms with E-state index >= 15 is 0 Å². The summed E-state index contributed by atoms with van der Waals surface area (Å²) in [6, 6.07) is 15.3. The Morgan fingerprint density at radius 3 is 2.33 bits per heavy atom. The highest BCUT2D eigenvalue weighted by molar-refractivity contribution is 9.10. The minimum atomic E-state index is -3.65. The summed E-state index contributed by atoms with van der Waals surface area (Å²) in [6.45, 7) is 3.03. The second kappa shape index (κ2) is 8.99. The summed E-state index contributed by atoms with van der Waals surface area (Å²) < 4.78 is 33.8. The number of sulfonamides is 1. The minimum Gasteiger partial charge on any atom is -0.378 e. The SMILES string of the molecule is O=S(=O)(Nc1ccc(Nc2cc(N3CCOCC3)cnn2)cc1)c1ccc(Br)cc1. The van der Waals surface area contributed by atoms with Crippen LogP contribution in [-0.2, 0) is 14.8 Å². The van der Waals surface area contributed by atoms with Crippen LogP contribution in [0.25, 0.3) is 0 Å². The molecule has 30 heavy (non-hydrogen) atoms. The topological polar surface area (TPSA) is 96.5 Å². The summed E-state index contributed by atoms with van der Waals surface area (Å²) in [5.74, 6) is 0.613. The van der Waals surface area contributed by atoms with Gasteiger partial charge in [-0.05, 0) is 48.5 Å². The van der Waals surface area contributed by atoms with Gasteiger partial charge in [0.2, 0.25) is 0 Å². The van der Waals surface area contributed by atoms with Crippen LogP contribution in [0.15, 0.2) is 70.2 Å². The van der Waals surface area contributed by atoms with Crippen LogP contribution >= 0.6 is 15.9 Å². The maximum Gasteiger partial charge on any atom is 0.261 e. The van der Waals surface area contributed by atoms with Crippen molar-refractivity contribution in [3.8, 4) is 0 Å². The Morgan fingerprint density at radius 1 is 0.967 bits per heavy atom. The van der Waals surface area contributed by atoms with Gasteiger partial charge in [-0.3, -0.25) is 4.72 Å². The number of benzene rings is 2. The van der Waals surface area contributed by atoms with Gasteiger partial charge in [-0.2, -0.15) is 5.10 Å². The molecular weight excluding hydrogens is 470 g/mol. The summed E-state index contributed by atoms with van der Waals surface area (Å²) in [6.07, 6.45) is 1.73. The molecule has 10 heteroatoms. The van der Waals surface area contributed by atoms with Gasteiger partial charge in [-0.1, -0.05) is 15.9 Å². The second-order valence-corrected chi connectivity index (χ2v) is 9.26. The predicted octanol–water partition coefficient (Wildman–Crippen LogP) is 3.62. The average molecular weight is 490 g/mol. The molecule has 1 saturated heterocycles. The molecule has 8 nitrogen and oxygen atoms in total. The Bertz CT molecular complexity index is 1100. The van der Waals surface area contributed by atoms with Gasteiger partial charge >= 0.3 is 0 Å². The van der Waals surface area contributed by atoms with Crippen LogP contribution < -0.4 is 14.9 Å². The molecule has 2 heterocycles. The van der Waals surface area contributed by atoms with E-state index in [2.05, 4.69) is 41.1 Å². The smallest absolute Gasteiger partial charge is 0.261 e. The molecule has 0 aliphatic carbocycles. The van der Waals surface area contributed by atoms with Gasteiger partial charge in [0.25, 0.3) is 10.0 Å². The zero-order chi connectivity index (χ0) is 21.0. The number of rotatable bonds is 6. The number of nitrogens with one attached hydrogen (secondary N) is 2. The lowest BCUT2D eigenvalue weighted by Gasteiger charge is -2.28. The van der Waals surface area contributed by atoms with E-state index in [4.69, 9.17) is 4.74 Å². The third-order valence-electron chi connectivity index (χ3n) is 4.55. The van der Waals surface area contributed by atoms with Crippen LogP contribution in [0.4, 0.5) is 22.9 Å². The zero-order valence-corrected chi connectivity index (χ0v) is 18.4. The van der Waals surface area contributed by atoms with Crippen molar-refractivity contribution in [2.45, 2.75) is 4.90 Å². The van der Waals surface area contributed by atoms with E-state index in [-0.39, 0.29) is 4.90 Å². The van der Waals surface area contributed by atoms with Crippen molar-refractivity contribution in [3.05, 3.63) is 65.3 Å². The molecule has 1 aliphatic heterocycles. The zero-order valence-electron chi connectivity index (χ0n) is 16.0. The highest BCUT2D eigenvalue weighted by Crippen LogP contribution is 2.23. The second-order valence-electron chi connectivity index (χ2n) is 6.66. The molecule has 0 amide bonds. The summed E-state index contributed by atoms with van der Waals surface area (Å²) in [4.78, 5) is 2.40. The van der Waals surface area contributed by atoms with Crippen LogP contribution in [-0.4, -0.2) is 44.9 Å². The summed E-state index contributed by atoms with van der Waals surface area (Å²) in [7, 11) is -3.65. The number of ether oxygens (including phenoxy) is 1. The summed E-state index contributed by atoms with van der Waals surface area (Å²) in [5.41, 5.74) is 2.22. The maximum absolute atomic E-state index is 12.5. The van der Waals surface area contributed by atoms with Crippen molar-refractivity contribution in [2.24, 2.45) is 0 Å². The highest BCUT2D eigenvalue weighted by Gasteiger charge is 2.14. The third kappa shape index (κ3) is 5.07. The number of halogens is 1. The van der Waals surface area contributed by atoms with E-state index in [0.29, 0.717) is 24.7 Å². The molecule has 0 unspecified atom stereocenters. The molecule has 0 spiro atoms. The first-order valence-electron chi connectivity index (χ1n) is 9.30. The number of aromatic nitrogens is 2. The minimum absolute atomic E-state index is 0.197. The summed E-state index contributed by atoms with van der Waals surface area (Å²) in [5, 5.41) is 11.4. The Morgan fingerprint density at radius 2 is 1.63 bits per heavy atom. The first kappa shape index (κ1) is 20.6. The van der Waals surface area contributed by atoms with E-state index in [1.165, 1.54) is 0 Å². The number of anilines is 4. The maximum atomic E-state index is 12.5. The number of nitrogens with zero attached hydrogens (tertiary/aromatic N) is 3. The Hall–Kier alpha value is -2.69. The normalized spacial score (nSPS) is 14.4. The molecule has 2 N–H and O–H groups in total. The van der Waals surface area contributed by atoms with Crippen LogP contribution in [0.2, 0.25) is 0 Å². The van der Waals surface area contributed by atoms with Gasteiger partial charge in [0.15, 0.2) is 5.82 Å². The number of hydrogen-bond acceptors (Lipinski definition) is 7. The lowest BCUT2D eigenvalue weighted by molar-refractivity contribution is 0.122. The number of morpholine rings is 1. The van der Waals surface area contributed by atoms with E-state index < -0.39 is 10.0 Å². The van der Waals surface area contributed by atoms with Crippen molar-refractivity contribution < 1.29 is 13.2 Å². The molecular formula is C20H20BrN5O3S. The average Bonchev–Trinajstić information content (AvgIpc) is 2.76. The summed E-state index contributed by atoms with van der Waals surface area (Å²) >= 11 is 3.30. The molecule has 1 aliphatic rings. The molecule has 2 aromatic carbocycles. The Labute approximate surface area is 183 Å². The van der Waals surface area contributed by atoms with Crippen molar-refractivity contribution in [3.63, 3.8) is 0 Å². The fourth-order valence-corrected chi connectivity index (χ4v) is 4.33. The van der Waals surface area contributed by atoms with Crippen LogP contribution in [0, 0.1) is 0 Å². The predicted molar refractivity (Wildman–Crippen MR) is 120 cm³/mol. The molecule has 156 valence electrons. The quantitative estimate of drug-likeness (QED) is 0.545. The first-order chi connectivity index (χ1) is 14.5. The van der Waals surface area contributed by atoms with Gasteiger partial charge in [0.1, 0.15) is 0 Å². The van der Waals surface area contributed by atoms with Crippen LogP contribution in [0.1, 0.15) is 0 Å². The van der Waals surface area contributed by atoms with Gasteiger partial charge in [-0.15, -0.1) is 5.10 Å². The Kier molecular flexibility index (Phi) is 6.16. The van der Waals surface area contributed by atoms with Crippen LogP contribution in [0.5, 0.6) is 0 Å². The lowest BCUT2D eigenvalue weighted by Crippen LogP contribution is -2.36. The third-order valence-corrected chi connectivity index (χ3v) is 6.48. The lowest BCUT2D eigenvalue weighted by atomic mass is 10.3. The van der Waals surface area contributed by atoms with Crippen molar-refractivity contribution in [1.29, 1.82) is 0 Å². The standard InChI is InChI=1S/C20H20BrN5O3S/c21-15-1-7-19(8-2-15)30(27,28)25-17-5-3-16(4-6-17)23-20-13-18(14-22-24-20)26-9-11-29-12-10-26/h1-8,13-14,25H,9-12H2,(H,23,24). The van der Waals surface area contributed by atoms with E-state index in [1.54, 1.807) is 54.7 Å². The van der Waals surface area contributed by atoms with Crippen molar-refractivity contribution in [2.75, 3.05) is 41.2 Å². The van der Waals surface area contributed by atoms with Crippen LogP contribution in [0.3, 0.4) is 0 Å². The van der Waals surface area contributed by atoms with E-state index in [9.17, 15) is 8.42 Å². The van der Waals surface area contributed by atoms with Crippen molar-refractivity contribution in [1.82, 2.24) is 10.2 Å². The van der Waals surface area contributed by atoms with Gasteiger partial charge < -0.3 is 15.0 Å². The molecule has 4 rings (SSSR count). The molecule has 0 bridgehead atoms. The van der Waals surface area contributed by atoms with Gasteiger partial charge in [0.05, 0.1) is 30.0 Å². The molecule has 1 aromatic heterocycles. The fourth-order valence-electron chi connectivity index (χ4n) is 3.01. The monoisotopic (exact) mass is 489 g/mol. The Balaban J connectivity index is 1.43. The molecule has 0 radical (unpaired) electrons. The highest BCUT2D eigenvalue weighted by atomic mass is 79.9. The fraction of sp³-hybridized carbons (Fsp3) is 0.200. The van der Waals surface area contributed by atoms with Gasteiger partial charge in [-0.25, -0.2) is 8.42 Å². The van der Waals surface area contributed by atoms with E-state index in [1.807, 2.05) is 6.07 Å². The molecule has 0 saturated carbocycles. The molecule has 0 atom stereocenters. The number of hydrogen-bond donors (Lipinski definition) is 2. The first-order valence-corrected chi connectivity index (χ1v) is 11.6. The molecule has 3 aromatic rings. The van der Waals surface area contributed by atoms with E-state index in [0.717, 1.165) is 28.9 Å². The van der Waals surface area contributed by atoms with Crippen molar-refractivity contribution >= 4 is 48.8 Å². The van der Waals surface area contributed by atoms with Gasteiger partial charge in [0, 0.05) is 35.0 Å². The molecule has 1 fully saturated rings. The largest absolute Gasteiger partial charge is 0.378 e.